The van der Waals surface area contributed by atoms with Gasteiger partial charge in [0.15, 0.2) is 5.76 Å². The van der Waals surface area contributed by atoms with Crippen LogP contribution in [-0.2, 0) is 20.7 Å². The maximum Gasteiger partial charge on any atom is 0.497 e. The molecule has 1 aliphatic heterocycles. The third kappa shape index (κ3) is 4.56. The Morgan fingerprint density at radius 3 is 2.35 bits per heavy atom. The van der Waals surface area contributed by atoms with Crippen molar-refractivity contribution in [2.45, 2.75) is 52.4 Å². The van der Waals surface area contributed by atoms with Crippen LogP contribution in [0.2, 0.25) is 0 Å². The summed E-state index contributed by atoms with van der Waals surface area (Å²) in [4.78, 5) is 12.3. The van der Waals surface area contributed by atoms with Crippen LogP contribution in [0.25, 0.3) is 11.3 Å². The molecule has 1 amide bonds. The highest BCUT2D eigenvalue weighted by Gasteiger charge is 2.52. The minimum absolute atomic E-state index is 0.0398. The van der Waals surface area contributed by atoms with Crippen molar-refractivity contribution < 1.29 is 32.1 Å². The number of aromatic nitrogens is 1. The van der Waals surface area contributed by atoms with Crippen LogP contribution < -0.4 is 10.8 Å². The molecule has 0 atom stereocenters. The molecule has 1 aliphatic rings. The fourth-order valence-corrected chi connectivity index (χ4v) is 3.46. The fourth-order valence-electron chi connectivity index (χ4n) is 3.46. The number of nitrogens with one attached hydrogen (secondary N) is 1. The predicted octanol–water partition coefficient (Wildman–Crippen LogP) is 4.98. The normalized spacial score (nSPS) is 16.5. The van der Waals surface area contributed by atoms with Crippen LogP contribution in [0.5, 0.6) is 0 Å². The van der Waals surface area contributed by atoms with E-state index in [1.165, 1.54) is 6.92 Å². The Kier molecular flexibility index (Phi) is 6.22. The van der Waals surface area contributed by atoms with Gasteiger partial charge in [0.25, 0.3) is 0 Å². The highest BCUT2D eigenvalue weighted by Crippen LogP contribution is 2.37. The molecule has 3 aromatic rings. The van der Waals surface area contributed by atoms with Crippen LogP contribution in [0, 0.1) is 18.6 Å². The van der Waals surface area contributed by atoms with Crippen LogP contribution in [0.3, 0.4) is 0 Å². The first-order valence-electron chi connectivity index (χ1n) is 10.8. The summed E-state index contributed by atoms with van der Waals surface area (Å²) in [5, 5.41) is 6.33. The van der Waals surface area contributed by atoms with Crippen molar-refractivity contribution in [1.29, 1.82) is 0 Å². The molecule has 0 saturated carbocycles. The number of hydrogen-bond acceptors (Lipinski definition) is 6. The summed E-state index contributed by atoms with van der Waals surface area (Å²) in [5.41, 5.74) is -0.860. The van der Waals surface area contributed by atoms with E-state index in [4.69, 9.17) is 18.6 Å². The molecule has 0 unspecified atom stereocenters. The Labute approximate surface area is 196 Å². The minimum Gasteiger partial charge on any atom is -0.444 e. The average molecular weight is 470 g/mol. The van der Waals surface area contributed by atoms with Gasteiger partial charge in [0.1, 0.15) is 29.6 Å². The lowest BCUT2D eigenvalue weighted by atomic mass is 9.78. The van der Waals surface area contributed by atoms with E-state index in [9.17, 15) is 4.79 Å². The lowest BCUT2D eigenvalue weighted by Crippen LogP contribution is -2.41. The van der Waals surface area contributed by atoms with Crippen molar-refractivity contribution in [1.82, 2.24) is 5.16 Å². The van der Waals surface area contributed by atoms with Gasteiger partial charge in [-0.2, -0.15) is 0 Å². The van der Waals surface area contributed by atoms with E-state index in [0.29, 0.717) is 0 Å². The molecule has 34 heavy (non-hydrogen) atoms. The van der Waals surface area contributed by atoms with E-state index in [0.717, 1.165) is 17.7 Å². The number of carbonyl (C=O) groups is 1. The number of ether oxygens (including phenoxy) is 1. The number of nitrogens with zero attached hydrogens (tertiary/aromatic N) is 1. The van der Waals surface area contributed by atoms with Crippen LogP contribution >= 0.6 is 0 Å². The second-order valence-corrected chi connectivity index (χ2v) is 9.09. The van der Waals surface area contributed by atoms with E-state index in [1.54, 1.807) is 0 Å². The summed E-state index contributed by atoms with van der Waals surface area (Å²) in [6.45, 7) is 8.87. The third-order valence-corrected chi connectivity index (χ3v) is 6.15. The maximum atomic E-state index is 15.1. The zero-order valence-corrected chi connectivity index (χ0v) is 19.6. The molecule has 2 aromatic carbocycles. The Bertz CT molecular complexity index is 1200. The van der Waals surface area contributed by atoms with Crippen LogP contribution in [-0.4, -0.2) is 29.6 Å². The van der Waals surface area contributed by atoms with Crippen molar-refractivity contribution in [3.05, 3.63) is 65.4 Å². The predicted molar refractivity (Wildman–Crippen MR) is 123 cm³/mol. The molecule has 4 rings (SSSR count). The molecule has 0 aliphatic carbocycles. The first kappa shape index (κ1) is 23.9. The van der Waals surface area contributed by atoms with Crippen molar-refractivity contribution in [3.63, 3.8) is 0 Å². The van der Waals surface area contributed by atoms with Gasteiger partial charge in [0.2, 0.25) is 0 Å². The number of carbonyl (C=O) groups excluding carboxylic acids is 1. The molecule has 10 heteroatoms. The SMILES string of the molecule is Cc1onc(-c2cc(F)c(B3OC(C)(C)C(C)(C)O3)cc2F)c1NC(=O)OCc1ccccc1. The first-order chi connectivity index (χ1) is 16.0. The molecule has 1 fully saturated rings. The molecule has 1 N–H and O–H groups in total. The summed E-state index contributed by atoms with van der Waals surface area (Å²) in [5.74, 6) is -1.31. The number of rotatable bonds is 5. The number of hydrogen-bond donors (Lipinski definition) is 1. The molecule has 7 nitrogen and oxygen atoms in total. The smallest absolute Gasteiger partial charge is 0.444 e. The quantitative estimate of drug-likeness (QED) is 0.530. The highest BCUT2D eigenvalue weighted by molar-refractivity contribution is 6.62. The number of aryl methyl sites for hydroxylation is 1. The standard InChI is InChI=1S/C24H25BF2N2O5/c1-14-20(28-22(30)31-13-15-9-7-6-8-10-15)21(29-32-14)16-11-19(27)17(12-18(16)26)25-33-23(2,3)24(4,5)34-25/h6-12H,13H2,1-5H3,(H,28,30). The van der Waals surface area contributed by atoms with Crippen molar-refractivity contribution in [2.75, 3.05) is 5.32 Å². The molecule has 2 heterocycles. The molecule has 1 aromatic heterocycles. The van der Waals surface area contributed by atoms with E-state index in [-0.39, 0.29) is 34.8 Å². The van der Waals surface area contributed by atoms with Gasteiger partial charge in [-0.1, -0.05) is 35.5 Å². The van der Waals surface area contributed by atoms with E-state index in [2.05, 4.69) is 10.5 Å². The second kappa shape index (κ2) is 8.85. The summed E-state index contributed by atoms with van der Waals surface area (Å²) in [6.07, 6.45) is -0.786. The lowest BCUT2D eigenvalue weighted by molar-refractivity contribution is 0.00578. The van der Waals surface area contributed by atoms with Gasteiger partial charge in [-0.15, -0.1) is 0 Å². The van der Waals surface area contributed by atoms with Crippen LogP contribution in [0.1, 0.15) is 39.0 Å². The van der Waals surface area contributed by atoms with Gasteiger partial charge in [0.05, 0.1) is 11.2 Å². The largest absolute Gasteiger partial charge is 0.497 e. The van der Waals surface area contributed by atoms with Gasteiger partial charge < -0.3 is 18.6 Å². The summed E-state index contributed by atoms with van der Waals surface area (Å²) >= 11 is 0. The van der Waals surface area contributed by atoms with Crippen LogP contribution in [0.4, 0.5) is 19.3 Å². The van der Waals surface area contributed by atoms with Crippen molar-refractivity contribution in [2.24, 2.45) is 0 Å². The van der Waals surface area contributed by atoms with E-state index >= 15 is 8.78 Å². The lowest BCUT2D eigenvalue weighted by Gasteiger charge is -2.32. The number of halogens is 2. The fraction of sp³-hybridized carbons (Fsp3) is 0.333. The Balaban J connectivity index is 1.56. The number of benzene rings is 2. The van der Waals surface area contributed by atoms with Gasteiger partial charge in [-0.25, -0.2) is 13.6 Å². The number of anilines is 1. The minimum atomic E-state index is -1.07. The molecule has 178 valence electrons. The van der Waals surface area contributed by atoms with E-state index < -0.39 is 36.0 Å². The topological polar surface area (TPSA) is 82.8 Å². The van der Waals surface area contributed by atoms with E-state index in [1.807, 2.05) is 58.0 Å². The third-order valence-electron chi connectivity index (χ3n) is 6.15. The monoisotopic (exact) mass is 470 g/mol. The molecule has 1 saturated heterocycles. The summed E-state index contributed by atoms with van der Waals surface area (Å²) in [6, 6.07) is 11.1. The summed E-state index contributed by atoms with van der Waals surface area (Å²) < 4.78 is 52.2. The maximum absolute atomic E-state index is 15.1. The Morgan fingerprint density at radius 2 is 1.71 bits per heavy atom. The van der Waals surface area contributed by atoms with Gasteiger partial charge in [-0.05, 0) is 52.3 Å². The average Bonchev–Trinajstić information content (AvgIpc) is 3.23. The molecule has 0 radical (unpaired) electrons. The zero-order chi connectivity index (χ0) is 24.7. The first-order valence-corrected chi connectivity index (χ1v) is 10.8. The zero-order valence-electron chi connectivity index (χ0n) is 19.6. The van der Waals surface area contributed by atoms with Crippen molar-refractivity contribution >= 4 is 24.4 Å². The molecule has 0 spiro atoms. The van der Waals surface area contributed by atoms with Gasteiger partial charge in [0, 0.05) is 11.0 Å². The molecule has 0 bridgehead atoms. The summed E-state index contributed by atoms with van der Waals surface area (Å²) in [7, 11) is -1.07. The Morgan fingerprint density at radius 1 is 1.06 bits per heavy atom. The van der Waals surface area contributed by atoms with Crippen LogP contribution in [0.15, 0.2) is 47.0 Å². The van der Waals surface area contributed by atoms with Gasteiger partial charge in [-0.3, -0.25) is 5.32 Å². The Hall–Kier alpha value is -3.24. The highest BCUT2D eigenvalue weighted by atomic mass is 19.1. The van der Waals surface area contributed by atoms with Gasteiger partial charge >= 0.3 is 13.2 Å². The molecular formula is C24H25BF2N2O5. The number of amides is 1. The van der Waals surface area contributed by atoms with Crippen molar-refractivity contribution in [3.8, 4) is 11.3 Å². The second-order valence-electron chi connectivity index (χ2n) is 9.09. The molecular weight excluding hydrogens is 445 g/mol.